The maximum absolute atomic E-state index is 13.2. The van der Waals surface area contributed by atoms with Crippen molar-refractivity contribution >= 4 is 34.8 Å². The zero-order chi connectivity index (χ0) is 27.4. The first-order chi connectivity index (χ1) is 19.0. The molecule has 39 heavy (non-hydrogen) atoms. The number of carbonyl (C=O) groups excluding carboxylic acids is 2. The van der Waals surface area contributed by atoms with Crippen LogP contribution < -0.4 is 19.7 Å². The van der Waals surface area contributed by atoms with Crippen molar-refractivity contribution in [2.45, 2.75) is 25.7 Å². The third-order valence-electron chi connectivity index (χ3n) is 7.37. The van der Waals surface area contributed by atoms with Gasteiger partial charge in [-0.2, -0.15) is 0 Å². The minimum absolute atomic E-state index is 0.110. The van der Waals surface area contributed by atoms with Gasteiger partial charge in [-0.1, -0.05) is 6.07 Å². The Hall–Kier alpha value is -3.86. The highest BCUT2D eigenvalue weighted by atomic mass is 32.1. The number of methoxy groups -OCH3 is 2. The third kappa shape index (κ3) is 5.93. The van der Waals surface area contributed by atoms with Crippen molar-refractivity contribution in [2.75, 3.05) is 63.7 Å². The van der Waals surface area contributed by atoms with Gasteiger partial charge in [0.1, 0.15) is 11.5 Å². The second-order valence-corrected chi connectivity index (χ2v) is 10.6. The predicted octanol–water partition coefficient (Wildman–Crippen LogP) is 4.24. The number of rotatable bonds is 6. The molecule has 3 amide bonds. The van der Waals surface area contributed by atoms with Gasteiger partial charge in [0, 0.05) is 68.5 Å². The predicted molar refractivity (Wildman–Crippen MR) is 151 cm³/mol. The molecule has 2 saturated heterocycles. The molecule has 0 bridgehead atoms. The number of hydrogen-bond donors (Lipinski definition) is 1. The summed E-state index contributed by atoms with van der Waals surface area (Å²) < 4.78 is 10.7. The molecule has 11 heteroatoms. The average Bonchev–Trinajstić information content (AvgIpc) is 3.49. The molecule has 5 rings (SSSR count). The normalized spacial score (nSPS) is 16.2. The second-order valence-electron chi connectivity index (χ2n) is 9.75. The Morgan fingerprint density at radius 1 is 0.974 bits per heavy atom. The lowest BCUT2D eigenvalue weighted by atomic mass is 9.98. The highest BCUT2D eigenvalue weighted by Crippen LogP contribution is 2.34. The van der Waals surface area contributed by atoms with Gasteiger partial charge in [-0.25, -0.2) is 14.8 Å². The molecular weight excluding hydrogens is 516 g/mol. The Kier molecular flexibility index (Phi) is 8.16. The van der Waals surface area contributed by atoms with Crippen LogP contribution >= 0.6 is 11.3 Å². The number of aryl methyl sites for hydroxylation is 1. The van der Waals surface area contributed by atoms with Crippen molar-refractivity contribution < 1.29 is 19.1 Å². The fourth-order valence-electron chi connectivity index (χ4n) is 5.07. The minimum atomic E-state index is -0.259. The van der Waals surface area contributed by atoms with Crippen molar-refractivity contribution in [3.8, 4) is 11.5 Å². The van der Waals surface area contributed by atoms with Crippen LogP contribution in [-0.2, 0) is 0 Å². The van der Waals surface area contributed by atoms with Gasteiger partial charge < -0.3 is 29.5 Å². The van der Waals surface area contributed by atoms with Crippen LogP contribution in [0, 0.1) is 6.92 Å². The Balaban J connectivity index is 1.13. The number of nitrogens with one attached hydrogen (secondary N) is 1. The van der Waals surface area contributed by atoms with Crippen molar-refractivity contribution in [1.82, 2.24) is 19.8 Å². The molecule has 2 aliphatic rings. The molecule has 1 aromatic carbocycles. The van der Waals surface area contributed by atoms with Crippen LogP contribution in [0.1, 0.15) is 39.8 Å². The van der Waals surface area contributed by atoms with E-state index in [-0.39, 0.29) is 17.9 Å². The number of nitrogens with zero attached hydrogens (tertiary/aromatic N) is 5. The molecule has 2 aliphatic heterocycles. The fourth-order valence-corrected chi connectivity index (χ4v) is 6.04. The largest absolute Gasteiger partial charge is 0.493 e. The van der Waals surface area contributed by atoms with E-state index in [2.05, 4.69) is 20.2 Å². The van der Waals surface area contributed by atoms with Gasteiger partial charge in [-0.3, -0.25) is 4.79 Å². The first kappa shape index (κ1) is 26.7. The number of urea groups is 1. The molecule has 2 aromatic heterocycles. The molecule has 3 aromatic rings. The number of aromatic nitrogens is 2. The molecule has 10 nitrogen and oxygen atoms in total. The first-order valence-electron chi connectivity index (χ1n) is 13.2. The number of hydrogen-bond acceptors (Lipinski definition) is 8. The summed E-state index contributed by atoms with van der Waals surface area (Å²) in [5.74, 6) is 2.10. The lowest BCUT2D eigenvalue weighted by Crippen LogP contribution is -2.54. The van der Waals surface area contributed by atoms with E-state index in [1.165, 1.54) is 11.3 Å². The van der Waals surface area contributed by atoms with E-state index in [9.17, 15) is 9.59 Å². The Morgan fingerprint density at radius 3 is 2.33 bits per heavy atom. The number of carbonyl (C=O) groups is 2. The Morgan fingerprint density at radius 2 is 1.67 bits per heavy atom. The molecule has 0 unspecified atom stereocenters. The van der Waals surface area contributed by atoms with Gasteiger partial charge in [-0.05, 0) is 43.5 Å². The Labute approximate surface area is 232 Å². The van der Waals surface area contributed by atoms with Crippen molar-refractivity contribution in [3.05, 3.63) is 58.2 Å². The van der Waals surface area contributed by atoms with Crippen molar-refractivity contribution in [3.63, 3.8) is 0 Å². The molecule has 206 valence electrons. The van der Waals surface area contributed by atoms with Crippen LogP contribution in [0.4, 0.5) is 16.3 Å². The van der Waals surface area contributed by atoms with Crippen molar-refractivity contribution in [2.24, 2.45) is 0 Å². The smallest absolute Gasteiger partial charge is 0.320 e. The topological polar surface area (TPSA) is 100 Å². The van der Waals surface area contributed by atoms with Crippen molar-refractivity contribution in [1.29, 1.82) is 0 Å². The van der Waals surface area contributed by atoms with Gasteiger partial charge in [0.25, 0.3) is 5.91 Å². The highest BCUT2D eigenvalue weighted by Gasteiger charge is 2.30. The molecule has 4 heterocycles. The highest BCUT2D eigenvalue weighted by molar-refractivity contribution is 7.10. The molecule has 1 N–H and O–H groups in total. The van der Waals surface area contributed by atoms with Gasteiger partial charge in [-0.15, -0.1) is 11.3 Å². The van der Waals surface area contributed by atoms with Gasteiger partial charge in [0.15, 0.2) is 11.5 Å². The SMILES string of the molecule is COc1cc(C)c(NC(=O)c2csc(C3CCN(C(=O)N4CCN(c5ccccn5)CC4)CC3)n2)cc1OC. The summed E-state index contributed by atoms with van der Waals surface area (Å²) in [6, 6.07) is 9.60. The number of piperazine rings is 1. The summed E-state index contributed by atoms with van der Waals surface area (Å²) in [5.41, 5.74) is 1.92. The van der Waals surface area contributed by atoms with Crippen LogP contribution in [0.5, 0.6) is 11.5 Å². The second kappa shape index (κ2) is 11.9. The molecule has 0 saturated carbocycles. The van der Waals surface area contributed by atoms with E-state index in [0.29, 0.717) is 49.1 Å². The number of thiazole rings is 1. The summed E-state index contributed by atoms with van der Waals surface area (Å²) in [5, 5.41) is 5.69. The van der Waals surface area contributed by atoms with E-state index in [1.807, 2.05) is 41.0 Å². The molecular formula is C28H34N6O4S. The van der Waals surface area contributed by atoms with E-state index in [4.69, 9.17) is 9.47 Å². The lowest BCUT2D eigenvalue weighted by Gasteiger charge is -2.39. The maximum Gasteiger partial charge on any atom is 0.320 e. The zero-order valence-corrected chi connectivity index (χ0v) is 23.4. The van der Waals surface area contributed by atoms with Gasteiger partial charge >= 0.3 is 6.03 Å². The van der Waals surface area contributed by atoms with E-state index >= 15 is 0 Å². The standard InChI is InChI=1S/C28H34N6O4S/c1-19-16-23(37-2)24(38-3)17-21(19)30-26(35)22-18-39-27(31-22)20-7-10-33(11-8-20)28(36)34-14-12-32(13-15-34)25-6-4-5-9-29-25/h4-6,9,16-18,20H,7-8,10-15H2,1-3H3,(H,30,35). The lowest BCUT2D eigenvalue weighted by molar-refractivity contribution is 0.102. The summed E-state index contributed by atoms with van der Waals surface area (Å²) in [6.07, 6.45) is 3.47. The summed E-state index contributed by atoms with van der Waals surface area (Å²) in [6.45, 7) is 6.24. The number of anilines is 2. The van der Waals surface area contributed by atoms with Crippen LogP contribution in [-0.4, -0.2) is 85.2 Å². The first-order valence-corrected chi connectivity index (χ1v) is 14.0. The monoisotopic (exact) mass is 550 g/mol. The van der Waals surface area contributed by atoms with E-state index < -0.39 is 0 Å². The van der Waals surface area contributed by atoms with Crippen LogP contribution in [0.15, 0.2) is 41.9 Å². The summed E-state index contributed by atoms with van der Waals surface area (Å²) in [7, 11) is 3.14. The van der Waals surface area contributed by atoms with Crippen LogP contribution in [0.2, 0.25) is 0 Å². The zero-order valence-electron chi connectivity index (χ0n) is 22.6. The number of amides is 3. The fraction of sp³-hybridized carbons (Fsp3) is 0.429. The van der Waals surface area contributed by atoms with Crippen LogP contribution in [0.25, 0.3) is 0 Å². The maximum atomic E-state index is 13.2. The van der Waals surface area contributed by atoms with E-state index in [1.54, 1.807) is 31.9 Å². The number of pyridine rings is 1. The minimum Gasteiger partial charge on any atom is -0.493 e. The number of likely N-dealkylation sites (tertiary alicyclic amines) is 1. The molecule has 2 fully saturated rings. The quantitative estimate of drug-likeness (QED) is 0.490. The average molecular weight is 551 g/mol. The Bertz CT molecular complexity index is 1300. The number of benzene rings is 1. The van der Waals surface area contributed by atoms with Gasteiger partial charge in [0.2, 0.25) is 0 Å². The summed E-state index contributed by atoms with van der Waals surface area (Å²) >= 11 is 1.51. The molecule has 0 atom stereocenters. The summed E-state index contributed by atoms with van der Waals surface area (Å²) in [4.78, 5) is 41.3. The third-order valence-corrected chi connectivity index (χ3v) is 8.38. The number of ether oxygens (including phenoxy) is 2. The number of piperidine rings is 1. The van der Waals surface area contributed by atoms with Crippen LogP contribution in [0.3, 0.4) is 0 Å². The molecule has 0 aliphatic carbocycles. The molecule has 0 radical (unpaired) electrons. The van der Waals surface area contributed by atoms with E-state index in [0.717, 1.165) is 42.3 Å². The van der Waals surface area contributed by atoms with Gasteiger partial charge in [0.05, 0.1) is 19.2 Å². The molecule has 0 spiro atoms.